The summed E-state index contributed by atoms with van der Waals surface area (Å²) in [6, 6.07) is 8.60. The quantitative estimate of drug-likeness (QED) is 0.664. The van der Waals surface area contributed by atoms with Gasteiger partial charge in [-0.25, -0.2) is 9.48 Å². The Hall–Kier alpha value is -2.87. The Labute approximate surface area is 178 Å². The van der Waals surface area contributed by atoms with Crippen molar-refractivity contribution in [2.75, 3.05) is 11.9 Å². The fraction of sp³-hybridized carbons (Fsp3) is 0.429. The summed E-state index contributed by atoms with van der Waals surface area (Å²) in [4.78, 5) is 39.4. The molecule has 8 nitrogen and oxygen atoms in total. The highest BCUT2D eigenvalue weighted by Gasteiger charge is 2.65. The maximum atomic E-state index is 13.1. The van der Waals surface area contributed by atoms with Crippen LogP contribution in [0, 0.1) is 11.8 Å². The number of benzene rings is 1. The summed E-state index contributed by atoms with van der Waals surface area (Å²) < 4.78 is 1.61. The molecular formula is C21H22ClN5O3. The zero-order chi connectivity index (χ0) is 20.9. The molecule has 0 radical (unpaired) electrons. The summed E-state index contributed by atoms with van der Waals surface area (Å²) in [5, 5.41) is 10.5. The number of halogens is 1. The topological polar surface area (TPSA) is 96.3 Å². The molecule has 156 valence electrons. The SMILES string of the molecule is O=C(CN1C(=O)NC(C2CC2)(C2CC2)C1=O)Nc1ccnn1Cc1ccccc1Cl. The van der Waals surface area contributed by atoms with Gasteiger partial charge in [0.05, 0.1) is 12.7 Å². The molecule has 2 aliphatic carbocycles. The fourth-order valence-electron chi connectivity index (χ4n) is 4.40. The van der Waals surface area contributed by atoms with Crippen LogP contribution in [-0.2, 0) is 16.1 Å². The standard InChI is InChI=1S/C21H22ClN5O3/c22-16-4-2-1-3-13(16)11-27-17(9-10-23-27)24-18(28)12-26-19(29)21(14-5-6-14,15-7-8-15)25-20(26)30/h1-4,9-10,14-15H,5-8,11-12H2,(H,24,28)(H,25,30). The molecule has 2 N–H and O–H groups in total. The van der Waals surface area contributed by atoms with Gasteiger partial charge in [-0.15, -0.1) is 0 Å². The largest absolute Gasteiger partial charge is 0.325 e. The highest BCUT2D eigenvalue weighted by atomic mass is 35.5. The zero-order valence-electron chi connectivity index (χ0n) is 16.3. The first kappa shape index (κ1) is 19.1. The lowest BCUT2D eigenvalue weighted by atomic mass is 9.87. The lowest BCUT2D eigenvalue weighted by Gasteiger charge is -2.26. The molecule has 30 heavy (non-hydrogen) atoms. The van der Waals surface area contributed by atoms with E-state index < -0.39 is 17.5 Å². The van der Waals surface area contributed by atoms with Gasteiger partial charge in [-0.2, -0.15) is 5.10 Å². The van der Waals surface area contributed by atoms with Crippen molar-refractivity contribution in [3.63, 3.8) is 0 Å². The smallest absolute Gasteiger partial charge is 0.323 e. The van der Waals surface area contributed by atoms with Crippen molar-refractivity contribution in [2.24, 2.45) is 11.8 Å². The second-order valence-corrected chi connectivity index (χ2v) is 8.66. The number of hydrogen-bond acceptors (Lipinski definition) is 4. The van der Waals surface area contributed by atoms with E-state index in [1.54, 1.807) is 23.0 Å². The average molecular weight is 428 g/mol. The van der Waals surface area contributed by atoms with Crippen molar-refractivity contribution in [1.82, 2.24) is 20.0 Å². The van der Waals surface area contributed by atoms with Crippen LogP contribution < -0.4 is 10.6 Å². The zero-order valence-corrected chi connectivity index (χ0v) is 17.1. The van der Waals surface area contributed by atoms with E-state index in [4.69, 9.17) is 11.6 Å². The Bertz CT molecular complexity index is 1020. The van der Waals surface area contributed by atoms with Crippen molar-refractivity contribution in [2.45, 2.75) is 37.8 Å². The Kier molecular flexibility index (Phi) is 4.54. The average Bonchev–Trinajstić information content (AvgIpc) is 3.64. The van der Waals surface area contributed by atoms with Crippen LogP contribution in [0.4, 0.5) is 10.6 Å². The van der Waals surface area contributed by atoms with Crippen molar-refractivity contribution in [3.8, 4) is 0 Å². The minimum absolute atomic E-state index is 0.201. The molecule has 9 heteroatoms. The molecule has 2 aromatic rings. The van der Waals surface area contributed by atoms with Gasteiger partial charge in [0.1, 0.15) is 17.9 Å². The van der Waals surface area contributed by atoms with Crippen molar-refractivity contribution < 1.29 is 14.4 Å². The number of nitrogens with zero attached hydrogens (tertiary/aromatic N) is 3. The van der Waals surface area contributed by atoms with Crippen LogP contribution in [0.1, 0.15) is 31.2 Å². The first-order valence-electron chi connectivity index (χ1n) is 10.2. The minimum Gasteiger partial charge on any atom is -0.323 e. The molecule has 2 saturated carbocycles. The van der Waals surface area contributed by atoms with Gasteiger partial charge >= 0.3 is 6.03 Å². The van der Waals surface area contributed by atoms with Crippen molar-refractivity contribution in [1.29, 1.82) is 0 Å². The number of rotatable bonds is 7. The molecule has 0 spiro atoms. The molecule has 1 aromatic heterocycles. The number of imide groups is 1. The number of carbonyl (C=O) groups excluding carboxylic acids is 3. The number of urea groups is 1. The van der Waals surface area contributed by atoms with E-state index in [1.165, 1.54) is 0 Å². The van der Waals surface area contributed by atoms with Gasteiger partial charge in [-0.3, -0.25) is 14.5 Å². The first-order chi connectivity index (χ1) is 14.5. The van der Waals surface area contributed by atoms with E-state index in [-0.39, 0.29) is 24.3 Å². The second-order valence-electron chi connectivity index (χ2n) is 8.25. The van der Waals surface area contributed by atoms with Crippen LogP contribution in [0.15, 0.2) is 36.5 Å². The number of aromatic nitrogens is 2. The molecule has 4 amide bonds. The van der Waals surface area contributed by atoms with E-state index in [9.17, 15) is 14.4 Å². The highest BCUT2D eigenvalue weighted by molar-refractivity contribution is 6.31. The molecule has 1 aromatic carbocycles. The summed E-state index contributed by atoms with van der Waals surface area (Å²) in [7, 11) is 0. The lowest BCUT2D eigenvalue weighted by molar-refractivity contribution is -0.135. The third-order valence-electron chi connectivity index (χ3n) is 6.16. The lowest BCUT2D eigenvalue weighted by Crippen LogP contribution is -2.51. The van der Waals surface area contributed by atoms with E-state index >= 15 is 0 Å². The maximum absolute atomic E-state index is 13.1. The predicted octanol–water partition coefficient (Wildman–Crippen LogP) is 2.63. The van der Waals surface area contributed by atoms with Gasteiger partial charge in [0.15, 0.2) is 0 Å². The number of amides is 4. The first-order valence-corrected chi connectivity index (χ1v) is 10.6. The maximum Gasteiger partial charge on any atom is 0.325 e. The fourth-order valence-corrected chi connectivity index (χ4v) is 4.60. The third-order valence-corrected chi connectivity index (χ3v) is 6.53. The Morgan fingerprint density at radius 3 is 2.53 bits per heavy atom. The van der Waals surface area contributed by atoms with Crippen molar-refractivity contribution >= 4 is 35.3 Å². The van der Waals surface area contributed by atoms with Crippen LogP contribution in [0.5, 0.6) is 0 Å². The molecule has 5 rings (SSSR count). The Balaban J connectivity index is 1.27. The monoisotopic (exact) mass is 427 g/mol. The van der Waals surface area contributed by atoms with E-state index in [0.29, 0.717) is 17.4 Å². The summed E-state index contributed by atoms with van der Waals surface area (Å²) in [6.45, 7) is 0.0705. The minimum atomic E-state index is -0.788. The van der Waals surface area contributed by atoms with Gasteiger partial charge in [0.2, 0.25) is 5.91 Å². The highest BCUT2D eigenvalue weighted by Crippen LogP contribution is 2.54. The van der Waals surface area contributed by atoms with Gasteiger partial charge in [-0.05, 0) is 49.1 Å². The molecule has 0 atom stereocenters. The number of nitrogens with one attached hydrogen (secondary N) is 2. The molecule has 1 saturated heterocycles. The van der Waals surface area contributed by atoms with Crippen LogP contribution >= 0.6 is 11.6 Å². The molecule has 1 aliphatic heterocycles. The molecule has 3 fully saturated rings. The summed E-state index contributed by atoms with van der Waals surface area (Å²) in [6.07, 6.45) is 5.37. The molecule has 2 heterocycles. The second kappa shape index (κ2) is 7.12. The number of hydrogen-bond donors (Lipinski definition) is 2. The van der Waals surface area contributed by atoms with E-state index in [1.807, 2.05) is 18.2 Å². The van der Waals surface area contributed by atoms with Crippen LogP contribution in [0.3, 0.4) is 0 Å². The predicted molar refractivity (Wildman–Crippen MR) is 110 cm³/mol. The van der Waals surface area contributed by atoms with Gasteiger partial charge in [0.25, 0.3) is 5.91 Å². The van der Waals surface area contributed by atoms with Crippen LogP contribution in [0.2, 0.25) is 5.02 Å². The third kappa shape index (κ3) is 3.25. The molecule has 0 bridgehead atoms. The van der Waals surface area contributed by atoms with Crippen molar-refractivity contribution in [3.05, 3.63) is 47.1 Å². The molecular weight excluding hydrogens is 406 g/mol. The summed E-state index contributed by atoms with van der Waals surface area (Å²) in [5.41, 5.74) is 0.0783. The summed E-state index contributed by atoms with van der Waals surface area (Å²) in [5.74, 6) is 0.180. The number of anilines is 1. The normalized spacial score (nSPS) is 20.4. The van der Waals surface area contributed by atoms with E-state index in [0.717, 1.165) is 36.1 Å². The van der Waals surface area contributed by atoms with E-state index in [2.05, 4.69) is 15.7 Å². The van der Waals surface area contributed by atoms with Gasteiger partial charge < -0.3 is 10.6 Å². The summed E-state index contributed by atoms with van der Waals surface area (Å²) >= 11 is 6.22. The molecule has 3 aliphatic rings. The Morgan fingerprint density at radius 1 is 1.17 bits per heavy atom. The Morgan fingerprint density at radius 2 is 1.87 bits per heavy atom. The van der Waals surface area contributed by atoms with Crippen LogP contribution in [0.25, 0.3) is 0 Å². The van der Waals surface area contributed by atoms with Gasteiger partial charge in [0, 0.05) is 11.1 Å². The molecule has 0 unspecified atom stereocenters. The van der Waals surface area contributed by atoms with Gasteiger partial charge in [-0.1, -0.05) is 29.8 Å². The van der Waals surface area contributed by atoms with Crippen LogP contribution in [-0.4, -0.2) is 44.6 Å². The number of carbonyl (C=O) groups is 3.